The summed E-state index contributed by atoms with van der Waals surface area (Å²) in [5, 5.41) is 2.89. The second kappa shape index (κ2) is 7.95. The Morgan fingerprint density at radius 3 is 2.48 bits per heavy atom. The Morgan fingerprint density at radius 1 is 1.19 bits per heavy atom. The fourth-order valence-electron chi connectivity index (χ4n) is 2.30. The number of halogens is 1. The number of rotatable bonds is 7. The van der Waals surface area contributed by atoms with Crippen LogP contribution in [-0.2, 0) is 6.54 Å². The van der Waals surface area contributed by atoms with E-state index in [1.54, 1.807) is 0 Å². The first-order valence-electron chi connectivity index (χ1n) is 7.33. The van der Waals surface area contributed by atoms with E-state index in [1.165, 1.54) is 4.88 Å². The summed E-state index contributed by atoms with van der Waals surface area (Å²) in [6, 6.07) is 12.7. The van der Waals surface area contributed by atoms with Gasteiger partial charge in [0.15, 0.2) is 0 Å². The van der Waals surface area contributed by atoms with Crippen LogP contribution in [0.15, 0.2) is 41.8 Å². The van der Waals surface area contributed by atoms with Crippen molar-refractivity contribution in [2.75, 3.05) is 6.54 Å². The number of benzene rings is 1. The zero-order chi connectivity index (χ0) is 15.2. The molecule has 0 radical (unpaired) electrons. The van der Waals surface area contributed by atoms with Crippen LogP contribution in [0.2, 0.25) is 5.02 Å². The van der Waals surface area contributed by atoms with Gasteiger partial charge in [0, 0.05) is 35.1 Å². The molecule has 4 heteroatoms. The van der Waals surface area contributed by atoms with Crippen LogP contribution in [0.5, 0.6) is 0 Å². The molecule has 21 heavy (non-hydrogen) atoms. The normalized spacial score (nSPS) is 13.0. The first kappa shape index (κ1) is 16.5. The Bertz CT molecular complexity index is 522. The SMILES string of the molecule is CC(C)N(CCC(N)c1ccc(Cl)cc1)Cc1cccs1. The summed E-state index contributed by atoms with van der Waals surface area (Å²) >= 11 is 7.73. The molecule has 2 rings (SSSR count). The van der Waals surface area contributed by atoms with E-state index in [2.05, 4.69) is 36.3 Å². The monoisotopic (exact) mass is 322 g/mol. The summed E-state index contributed by atoms with van der Waals surface area (Å²) < 4.78 is 0. The van der Waals surface area contributed by atoms with Gasteiger partial charge in [0.2, 0.25) is 0 Å². The fraction of sp³-hybridized carbons (Fsp3) is 0.412. The summed E-state index contributed by atoms with van der Waals surface area (Å²) in [6.45, 7) is 6.48. The Morgan fingerprint density at radius 2 is 1.90 bits per heavy atom. The third-order valence-electron chi connectivity index (χ3n) is 3.69. The minimum atomic E-state index is 0.0619. The van der Waals surface area contributed by atoms with Gasteiger partial charge in [-0.1, -0.05) is 29.8 Å². The maximum absolute atomic E-state index is 6.30. The van der Waals surface area contributed by atoms with Gasteiger partial charge in [-0.05, 0) is 49.4 Å². The van der Waals surface area contributed by atoms with E-state index < -0.39 is 0 Å². The van der Waals surface area contributed by atoms with Crippen LogP contribution in [0.1, 0.15) is 36.8 Å². The van der Waals surface area contributed by atoms with E-state index in [1.807, 2.05) is 35.6 Å². The van der Waals surface area contributed by atoms with E-state index in [0.717, 1.165) is 30.1 Å². The molecule has 2 N–H and O–H groups in total. The van der Waals surface area contributed by atoms with Gasteiger partial charge in [-0.3, -0.25) is 4.90 Å². The second-order valence-corrected chi connectivity index (χ2v) is 7.06. The first-order chi connectivity index (χ1) is 10.1. The van der Waals surface area contributed by atoms with Crippen LogP contribution in [0.25, 0.3) is 0 Å². The minimum absolute atomic E-state index is 0.0619. The second-order valence-electron chi connectivity index (χ2n) is 5.59. The highest BCUT2D eigenvalue weighted by Crippen LogP contribution is 2.19. The lowest BCUT2D eigenvalue weighted by atomic mass is 10.0. The third kappa shape index (κ3) is 5.11. The van der Waals surface area contributed by atoms with Crippen LogP contribution >= 0.6 is 22.9 Å². The first-order valence-corrected chi connectivity index (χ1v) is 8.59. The zero-order valence-electron chi connectivity index (χ0n) is 12.6. The molecule has 0 spiro atoms. The van der Waals surface area contributed by atoms with E-state index in [9.17, 15) is 0 Å². The van der Waals surface area contributed by atoms with Crippen LogP contribution in [-0.4, -0.2) is 17.5 Å². The molecule has 0 saturated carbocycles. The molecule has 2 aromatic rings. The molecule has 1 unspecified atom stereocenters. The van der Waals surface area contributed by atoms with Crippen molar-refractivity contribution in [2.24, 2.45) is 5.73 Å². The summed E-state index contributed by atoms with van der Waals surface area (Å²) in [6.07, 6.45) is 0.950. The molecule has 0 fully saturated rings. The van der Waals surface area contributed by atoms with Crippen molar-refractivity contribution in [2.45, 2.75) is 38.9 Å². The zero-order valence-corrected chi connectivity index (χ0v) is 14.2. The average molecular weight is 323 g/mol. The predicted octanol–water partition coefficient (Wildman–Crippen LogP) is 4.70. The molecule has 1 atom stereocenters. The molecule has 0 bridgehead atoms. The standard InChI is InChI=1S/C17H23ClN2S/c1-13(2)20(12-16-4-3-11-21-16)10-9-17(19)14-5-7-15(18)8-6-14/h3-8,11,13,17H,9-10,12,19H2,1-2H3. The van der Waals surface area contributed by atoms with Gasteiger partial charge in [-0.15, -0.1) is 11.3 Å². The molecule has 0 amide bonds. The Balaban J connectivity index is 1.90. The highest BCUT2D eigenvalue weighted by atomic mass is 35.5. The van der Waals surface area contributed by atoms with Crippen LogP contribution in [0.3, 0.4) is 0 Å². The predicted molar refractivity (Wildman–Crippen MR) is 92.9 cm³/mol. The molecule has 114 valence electrons. The number of nitrogens with zero attached hydrogens (tertiary/aromatic N) is 1. The molecule has 1 aromatic carbocycles. The fourth-order valence-corrected chi connectivity index (χ4v) is 3.16. The highest BCUT2D eigenvalue weighted by molar-refractivity contribution is 7.09. The Kier molecular flexibility index (Phi) is 6.24. The van der Waals surface area contributed by atoms with Gasteiger partial charge in [0.05, 0.1) is 0 Å². The molecule has 1 aromatic heterocycles. The van der Waals surface area contributed by atoms with Gasteiger partial charge < -0.3 is 5.73 Å². The van der Waals surface area contributed by atoms with Crippen molar-refractivity contribution in [1.82, 2.24) is 4.90 Å². The van der Waals surface area contributed by atoms with Crippen molar-refractivity contribution in [1.29, 1.82) is 0 Å². The highest BCUT2D eigenvalue weighted by Gasteiger charge is 2.13. The number of hydrogen-bond acceptors (Lipinski definition) is 3. The maximum atomic E-state index is 6.30. The average Bonchev–Trinajstić information content (AvgIpc) is 2.96. The van der Waals surface area contributed by atoms with Crippen molar-refractivity contribution in [3.05, 3.63) is 57.2 Å². The molecular formula is C17H23ClN2S. The van der Waals surface area contributed by atoms with Gasteiger partial charge in [-0.2, -0.15) is 0 Å². The lowest BCUT2D eigenvalue weighted by molar-refractivity contribution is 0.207. The van der Waals surface area contributed by atoms with Gasteiger partial charge >= 0.3 is 0 Å². The van der Waals surface area contributed by atoms with Crippen molar-refractivity contribution < 1.29 is 0 Å². The van der Waals surface area contributed by atoms with Crippen LogP contribution < -0.4 is 5.73 Å². The summed E-state index contributed by atoms with van der Waals surface area (Å²) in [4.78, 5) is 3.88. The Hall–Kier alpha value is -0.870. The van der Waals surface area contributed by atoms with E-state index in [0.29, 0.717) is 6.04 Å². The van der Waals surface area contributed by atoms with Crippen LogP contribution in [0, 0.1) is 0 Å². The maximum Gasteiger partial charge on any atom is 0.0406 e. The molecule has 0 aliphatic rings. The molecule has 0 aliphatic heterocycles. The quantitative estimate of drug-likeness (QED) is 0.800. The Labute approximate surface area is 136 Å². The molecule has 0 saturated heterocycles. The van der Waals surface area contributed by atoms with E-state index in [4.69, 9.17) is 17.3 Å². The third-order valence-corrected chi connectivity index (χ3v) is 4.81. The smallest absolute Gasteiger partial charge is 0.0406 e. The number of thiophene rings is 1. The molecule has 0 aliphatic carbocycles. The number of hydrogen-bond donors (Lipinski definition) is 1. The summed E-state index contributed by atoms with van der Waals surface area (Å²) in [5.41, 5.74) is 7.45. The van der Waals surface area contributed by atoms with E-state index >= 15 is 0 Å². The van der Waals surface area contributed by atoms with Crippen molar-refractivity contribution in [3.8, 4) is 0 Å². The lowest BCUT2D eigenvalue weighted by Crippen LogP contribution is -2.32. The largest absolute Gasteiger partial charge is 0.324 e. The molecule has 1 heterocycles. The van der Waals surface area contributed by atoms with Gasteiger partial charge in [0.1, 0.15) is 0 Å². The lowest BCUT2D eigenvalue weighted by Gasteiger charge is -2.27. The topological polar surface area (TPSA) is 29.3 Å². The molecular weight excluding hydrogens is 300 g/mol. The minimum Gasteiger partial charge on any atom is -0.324 e. The summed E-state index contributed by atoms with van der Waals surface area (Å²) in [5.74, 6) is 0. The van der Waals surface area contributed by atoms with Gasteiger partial charge in [0.25, 0.3) is 0 Å². The molecule has 2 nitrogen and oxygen atoms in total. The van der Waals surface area contributed by atoms with Crippen LogP contribution in [0.4, 0.5) is 0 Å². The van der Waals surface area contributed by atoms with Crippen molar-refractivity contribution in [3.63, 3.8) is 0 Å². The van der Waals surface area contributed by atoms with Crippen molar-refractivity contribution >= 4 is 22.9 Å². The summed E-state index contributed by atoms with van der Waals surface area (Å²) in [7, 11) is 0. The van der Waals surface area contributed by atoms with E-state index in [-0.39, 0.29) is 6.04 Å². The van der Waals surface area contributed by atoms with Gasteiger partial charge in [-0.25, -0.2) is 0 Å². The number of nitrogens with two attached hydrogens (primary N) is 1.